The van der Waals surface area contributed by atoms with Crippen LogP contribution in [0.3, 0.4) is 0 Å². The molecule has 0 fully saturated rings. The van der Waals surface area contributed by atoms with E-state index in [0.29, 0.717) is 22.3 Å². The van der Waals surface area contributed by atoms with Crippen molar-refractivity contribution in [1.29, 1.82) is 0 Å². The van der Waals surface area contributed by atoms with Gasteiger partial charge in [-0.3, -0.25) is 19.5 Å². The highest BCUT2D eigenvalue weighted by Crippen LogP contribution is 2.28. The molecular formula is C21H16N4O3S. The van der Waals surface area contributed by atoms with Crippen LogP contribution < -0.4 is 5.32 Å². The molecule has 0 bridgehead atoms. The Hall–Kier alpha value is -3.65. The maximum absolute atomic E-state index is 12.3. The standard InChI is InChI=1S/C21H16N4O3S/c26-18(22-20(27)15-8-3-1-4-9-15)14-29-21-24-23-19(17-12-7-13-28-17)25(21)16-10-5-2-6-11-16/h1-13H,14H2,(H,22,26,27). The predicted molar refractivity (Wildman–Crippen MR) is 109 cm³/mol. The van der Waals surface area contributed by atoms with Gasteiger partial charge in [-0.2, -0.15) is 0 Å². The normalized spacial score (nSPS) is 10.6. The van der Waals surface area contributed by atoms with Gasteiger partial charge in [-0.1, -0.05) is 48.2 Å². The Morgan fingerprint density at radius 2 is 1.66 bits per heavy atom. The lowest BCUT2D eigenvalue weighted by molar-refractivity contribution is -0.117. The molecule has 0 aliphatic heterocycles. The second-order valence-corrected chi connectivity index (χ2v) is 6.93. The smallest absolute Gasteiger partial charge is 0.257 e. The number of hydrogen-bond donors (Lipinski definition) is 1. The summed E-state index contributed by atoms with van der Waals surface area (Å²) in [5.74, 6) is 0.270. The first kappa shape index (κ1) is 18.7. The van der Waals surface area contributed by atoms with Crippen LogP contribution in [0.4, 0.5) is 0 Å². The van der Waals surface area contributed by atoms with Crippen LogP contribution >= 0.6 is 11.8 Å². The number of imide groups is 1. The molecule has 0 saturated carbocycles. The van der Waals surface area contributed by atoms with Crippen molar-refractivity contribution in [2.24, 2.45) is 0 Å². The lowest BCUT2D eigenvalue weighted by atomic mass is 10.2. The van der Waals surface area contributed by atoms with E-state index in [9.17, 15) is 9.59 Å². The summed E-state index contributed by atoms with van der Waals surface area (Å²) in [6.07, 6.45) is 1.56. The van der Waals surface area contributed by atoms with Gasteiger partial charge in [-0.05, 0) is 36.4 Å². The molecule has 2 aromatic carbocycles. The lowest BCUT2D eigenvalue weighted by Crippen LogP contribution is -2.31. The zero-order valence-corrected chi connectivity index (χ0v) is 16.0. The Morgan fingerprint density at radius 1 is 0.931 bits per heavy atom. The van der Waals surface area contributed by atoms with E-state index in [1.165, 1.54) is 11.8 Å². The van der Waals surface area contributed by atoms with E-state index in [4.69, 9.17) is 4.42 Å². The summed E-state index contributed by atoms with van der Waals surface area (Å²) in [6.45, 7) is 0. The zero-order valence-electron chi connectivity index (χ0n) is 15.2. The van der Waals surface area contributed by atoms with Crippen molar-refractivity contribution in [3.05, 3.63) is 84.6 Å². The van der Waals surface area contributed by atoms with Crippen molar-refractivity contribution in [3.63, 3.8) is 0 Å². The highest BCUT2D eigenvalue weighted by molar-refractivity contribution is 7.99. The van der Waals surface area contributed by atoms with Crippen LogP contribution in [0.2, 0.25) is 0 Å². The Morgan fingerprint density at radius 3 is 2.34 bits per heavy atom. The molecule has 0 aliphatic rings. The van der Waals surface area contributed by atoms with Gasteiger partial charge >= 0.3 is 0 Å². The third-order valence-corrected chi connectivity index (χ3v) is 4.94. The molecular weight excluding hydrogens is 388 g/mol. The van der Waals surface area contributed by atoms with Crippen LogP contribution in [0.1, 0.15) is 10.4 Å². The predicted octanol–water partition coefficient (Wildman–Crippen LogP) is 3.58. The number of thioether (sulfide) groups is 1. The number of carbonyl (C=O) groups is 2. The van der Waals surface area contributed by atoms with Gasteiger partial charge < -0.3 is 4.42 Å². The van der Waals surface area contributed by atoms with Gasteiger partial charge in [0.2, 0.25) is 11.7 Å². The third kappa shape index (κ3) is 4.27. The lowest BCUT2D eigenvalue weighted by Gasteiger charge is -2.09. The van der Waals surface area contributed by atoms with E-state index >= 15 is 0 Å². The highest BCUT2D eigenvalue weighted by Gasteiger charge is 2.19. The number of nitrogens with zero attached hydrogens (tertiary/aromatic N) is 3. The molecule has 144 valence electrons. The molecule has 2 aromatic heterocycles. The minimum absolute atomic E-state index is 0.0156. The van der Waals surface area contributed by atoms with E-state index in [2.05, 4.69) is 15.5 Å². The van der Waals surface area contributed by atoms with Crippen LogP contribution in [0.5, 0.6) is 0 Å². The quantitative estimate of drug-likeness (QED) is 0.494. The second kappa shape index (κ2) is 8.57. The van der Waals surface area contributed by atoms with Crippen molar-refractivity contribution < 1.29 is 14.0 Å². The monoisotopic (exact) mass is 404 g/mol. The molecule has 2 heterocycles. The first-order chi connectivity index (χ1) is 14.2. The Kier molecular flexibility index (Phi) is 5.53. The Bertz CT molecular complexity index is 1110. The number of rotatable bonds is 6. The third-order valence-electron chi connectivity index (χ3n) is 4.01. The number of aromatic nitrogens is 3. The molecule has 0 atom stereocenters. The average molecular weight is 404 g/mol. The number of para-hydroxylation sites is 1. The fourth-order valence-electron chi connectivity index (χ4n) is 2.69. The van der Waals surface area contributed by atoms with E-state index < -0.39 is 11.8 Å². The van der Waals surface area contributed by atoms with Crippen molar-refractivity contribution >= 4 is 23.6 Å². The summed E-state index contributed by atoms with van der Waals surface area (Å²) in [5.41, 5.74) is 1.27. The molecule has 2 amide bonds. The maximum atomic E-state index is 12.3. The van der Waals surface area contributed by atoms with Crippen LogP contribution in [0.15, 0.2) is 88.6 Å². The first-order valence-corrected chi connectivity index (χ1v) is 9.77. The van der Waals surface area contributed by atoms with Crippen molar-refractivity contribution in [1.82, 2.24) is 20.1 Å². The molecule has 8 heteroatoms. The van der Waals surface area contributed by atoms with E-state index in [-0.39, 0.29) is 5.75 Å². The van der Waals surface area contributed by atoms with Crippen LogP contribution in [-0.4, -0.2) is 32.3 Å². The Labute approximate surface area is 170 Å². The number of carbonyl (C=O) groups excluding carboxylic acids is 2. The molecule has 4 aromatic rings. The van der Waals surface area contributed by atoms with E-state index in [1.807, 2.05) is 41.0 Å². The van der Waals surface area contributed by atoms with Gasteiger partial charge in [-0.25, -0.2) is 0 Å². The van der Waals surface area contributed by atoms with Crippen molar-refractivity contribution in [2.45, 2.75) is 5.16 Å². The van der Waals surface area contributed by atoms with Gasteiger partial charge in [0.25, 0.3) is 5.91 Å². The highest BCUT2D eigenvalue weighted by atomic mass is 32.2. The number of nitrogens with one attached hydrogen (secondary N) is 1. The molecule has 0 aliphatic carbocycles. The summed E-state index contributed by atoms with van der Waals surface area (Å²) < 4.78 is 7.28. The summed E-state index contributed by atoms with van der Waals surface area (Å²) in [5, 5.41) is 11.3. The Balaban J connectivity index is 1.52. The summed E-state index contributed by atoms with van der Waals surface area (Å²) in [4.78, 5) is 24.4. The number of hydrogen-bond acceptors (Lipinski definition) is 6. The number of benzene rings is 2. The molecule has 0 radical (unpaired) electrons. The SMILES string of the molecule is O=C(CSc1nnc(-c2ccco2)n1-c1ccccc1)NC(=O)c1ccccc1. The van der Waals surface area contributed by atoms with Crippen molar-refractivity contribution in [2.75, 3.05) is 5.75 Å². The van der Waals surface area contributed by atoms with Crippen molar-refractivity contribution in [3.8, 4) is 17.3 Å². The molecule has 0 saturated heterocycles. The van der Waals surface area contributed by atoms with Crippen LogP contribution in [0.25, 0.3) is 17.3 Å². The van der Waals surface area contributed by atoms with Crippen LogP contribution in [0, 0.1) is 0 Å². The molecule has 0 unspecified atom stereocenters. The molecule has 29 heavy (non-hydrogen) atoms. The molecule has 4 rings (SSSR count). The zero-order chi connectivity index (χ0) is 20.1. The van der Waals surface area contributed by atoms with E-state index in [0.717, 1.165) is 5.69 Å². The summed E-state index contributed by atoms with van der Waals surface area (Å²) >= 11 is 1.19. The van der Waals surface area contributed by atoms with E-state index in [1.54, 1.807) is 42.7 Å². The van der Waals surface area contributed by atoms with Gasteiger partial charge in [-0.15, -0.1) is 10.2 Å². The fraction of sp³-hybridized carbons (Fsp3) is 0.0476. The number of furan rings is 1. The molecule has 0 spiro atoms. The van der Waals surface area contributed by atoms with Gasteiger partial charge in [0.05, 0.1) is 12.0 Å². The van der Waals surface area contributed by atoms with Gasteiger partial charge in [0, 0.05) is 11.3 Å². The average Bonchev–Trinajstić information content (AvgIpc) is 3.43. The number of amides is 2. The topological polar surface area (TPSA) is 90.0 Å². The largest absolute Gasteiger partial charge is 0.461 e. The summed E-state index contributed by atoms with van der Waals surface area (Å²) in [7, 11) is 0. The van der Waals surface area contributed by atoms with Gasteiger partial charge in [0.1, 0.15) is 0 Å². The maximum Gasteiger partial charge on any atom is 0.257 e. The minimum Gasteiger partial charge on any atom is -0.461 e. The minimum atomic E-state index is -0.433. The van der Waals surface area contributed by atoms with Gasteiger partial charge in [0.15, 0.2) is 10.9 Å². The second-order valence-electron chi connectivity index (χ2n) is 5.99. The fourth-order valence-corrected chi connectivity index (χ4v) is 3.45. The van der Waals surface area contributed by atoms with Crippen LogP contribution in [-0.2, 0) is 4.79 Å². The summed E-state index contributed by atoms with van der Waals surface area (Å²) in [6, 6.07) is 21.7. The first-order valence-electron chi connectivity index (χ1n) is 8.79. The molecule has 7 nitrogen and oxygen atoms in total. The molecule has 1 N–H and O–H groups in total.